The van der Waals surface area contributed by atoms with Gasteiger partial charge < -0.3 is 15.2 Å². The molecule has 0 aliphatic carbocycles. The molecule has 15 heavy (non-hydrogen) atoms. The third-order valence-electron chi connectivity index (χ3n) is 2.39. The van der Waals surface area contributed by atoms with Gasteiger partial charge in [0.05, 0.1) is 14.2 Å². The van der Waals surface area contributed by atoms with Gasteiger partial charge in [0.2, 0.25) is 0 Å². The van der Waals surface area contributed by atoms with Crippen molar-refractivity contribution >= 4 is 0 Å². The van der Waals surface area contributed by atoms with Crippen LogP contribution in [0.1, 0.15) is 18.4 Å². The first kappa shape index (κ1) is 11.8. The smallest absolute Gasteiger partial charge is 0.165 e. The maximum atomic E-state index is 13.4. The number of halogens is 1. The van der Waals surface area contributed by atoms with Crippen molar-refractivity contribution < 1.29 is 13.9 Å². The van der Waals surface area contributed by atoms with E-state index in [0.717, 1.165) is 5.56 Å². The molecule has 0 radical (unpaired) electrons. The van der Waals surface area contributed by atoms with E-state index in [4.69, 9.17) is 15.2 Å². The highest BCUT2D eigenvalue weighted by Gasteiger charge is 2.14. The standard InChI is InChI=1S/C11H16FNO2/c1-7(6-13)8-4-9(12)11(15-3)5-10(8)14-2/h4-5,7H,6,13H2,1-3H3. The number of hydrogen-bond acceptors (Lipinski definition) is 3. The molecular formula is C11H16FNO2. The van der Waals surface area contributed by atoms with Gasteiger partial charge in [0, 0.05) is 11.6 Å². The molecule has 0 spiro atoms. The number of rotatable bonds is 4. The monoisotopic (exact) mass is 213 g/mol. The summed E-state index contributed by atoms with van der Waals surface area (Å²) < 4.78 is 23.5. The van der Waals surface area contributed by atoms with E-state index in [0.29, 0.717) is 12.3 Å². The summed E-state index contributed by atoms with van der Waals surface area (Å²) in [7, 11) is 2.96. The van der Waals surface area contributed by atoms with Crippen molar-refractivity contribution in [2.45, 2.75) is 12.8 Å². The molecule has 1 unspecified atom stereocenters. The second-order valence-corrected chi connectivity index (χ2v) is 3.37. The van der Waals surface area contributed by atoms with E-state index >= 15 is 0 Å². The largest absolute Gasteiger partial charge is 0.496 e. The molecule has 0 bridgehead atoms. The van der Waals surface area contributed by atoms with Crippen molar-refractivity contribution in [3.8, 4) is 11.5 Å². The van der Waals surface area contributed by atoms with Crippen molar-refractivity contribution in [3.05, 3.63) is 23.5 Å². The predicted molar refractivity (Wildman–Crippen MR) is 57.0 cm³/mol. The van der Waals surface area contributed by atoms with Gasteiger partial charge in [-0.2, -0.15) is 0 Å². The van der Waals surface area contributed by atoms with Gasteiger partial charge in [-0.3, -0.25) is 0 Å². The van der Waals surface area contributed by atoms with Gasteiger partial charge in [-0.25, -0.2) is 4.39 Å². The van der Waals surface area contributed by atoms with Crippen LogP contribution in [-0.2, 0) is 0 Å². The Kier molecular flexibility index (Phi) is 3.91. The number of methoxy groups -OCH3 is 2. The zero-order chi connectivity index (χ0) is 11.4. The van der Waals surface area contributed by atoms with E-state index in [1.807, 2.05) is 6.92 Å². The van der Waals surface area contributed by atoms with Crippen LogP contribution in [-0.4, -0.2) is 20.8 Å². The summed E-state index contributed by atoms with van der Waals surface area (Å²) in [6, 6.07) is 2.95. The normalized spacial score (nSPS) is 12.3. The van der Waals surface area contributed by atoms with Crippen LogP contribution >= 0.6 is 0 Å². The minimum Gasteiger partial charge on any atom is -0.496 e. The minimum absolute atomic E-state index is 0.0559. The number of nitrogens with two attached hydrogens (primary N) is 1. The first-order chi connectivity index (χ1) is 7.13. The molecule has 4 heteroatoms. The van der Waals surface area contributed by atoms with E-state index in [2.05, 4.69) is 0 Å². The summed E-state index contributed by atoms with van der Waals surface area (Å²) >= 11 is 0. The quantitative estimate of drug-likeness (QED) is 0.830. The van der Waals surface area contributed by atoms with Gasteiger partial charge in [-0.15, -0.1) is 0 Å². The summed E-state index contributed by atoms with van der Waals surface area (Å²) in [6.07, 6.45) is 0. The maximum absolute atomic E-state index is 13.4. The molecule has 1 rings (SSSR count). The van der Waals surface area contributed by atoms with Crippen molar-refractivity contribution in [2.24, 2.45) is 5.73 Å². The Morgan fingerprint density at radius 2 is 1.87 bits per heavy atom. The van der Waals surface area contributed by atoms with E-state index in [-0.39, 0.29) is 11.7 Å². The first-order valence-corrected chi connectivity index (χ1v) is 4.75. The Bertz CT molecular complexity index is 342. The second kappa shape index (κ2) is 4.98. The summed E-state index contributed by atoms with van der Waals surface area (Å²) in [5, 5.41) is 0. The SMILES string of the molecule is COc1cc(OC)c(C(C)CN)cc1F. The molecular weight excluding hydrogens is 197 g/mol. The molecule has 0 aromatic heterocycles. The van der Waals surface area contributed by atoms with Crippen LogP contribution in [0.4, 0.5) is 4.39 Å². The zero-order valence-corrected chi connectivity index (χ0v) is 9.21. The molecule has 0 saturated carbocycles. The Labute approximate surface area is 89.0 Å². The third-order valence-corrected chi connectivity index (χ3v) is 2.39. The first-order valence-electron chi connectivity index (χ1n) is 4.75. The van der Waals surface area contributed by atoms with Crippen LogP contribution in [0.2, 0.25) is 0 Å². The summed E-state index contributed by atoms with van der Waals surface area (Å²) in [5.74, 6) is 0.444. The van der Waals surface area contributed by atoms with Crippen molar-refractivity contribution in [1.82, 2.24) is 0 Å². The third kappa shape index (κ3) is 2.39. The number of benzene rings is 1. The topological polar surface area (TPSA) is 44.5 Å². The van der Waals surface area contributed by atoms with E-state index in [1.54, 1.807) is 7.11 Å². The van der Waals surface area contributed by atoms with Crippen LogP contribution in [0, 0.1) is 5.82 Å². The van der Waals surface area contributed by atoms with Crippen molar-refractivity contribution in [3.63, 3.8) is 0 Å². The van der Waals surface area contributed by atoms with Gasteiger partial charge in [0.25, 0.3) is 0 Å². The molecule has 84 valence electrons. The maximum Gasteiger partial charge on any atom is 0.165 e. The van der Waals surface area contributed by atoms with E-state index < -0.39 is 5.82 Å². The van der Waals surface area contributed by atoms with E-state index in [1.165, 1.54) is 19.2 Å². The fourth-order valence-corrected chi connectivity index (χ4v) is 1.40. The van der Waals surface area contributed by atoms with Crippen molar-refractivity contribution in [2.75, 3.05) is 20.8 Å². The average molecular weight is 213 g/mol. The van der Waals surface area contributed by atoms with Crippen molar-refractivity contribution in [1.29, 1.82) is 0 Å². The Balaban J connectivity index is 3.21. The summed E-state index contributed by atoms with van der Waals surface area (Å²) in [5.41, 5.74) is 6.30. The predicted octanol–water partition coefficient (Wildman–Crippen LogP) is 1.91. The van der Waals surface area contributed by atoms with Crippen LogP contribution in [0.25, 0.3) is 0 Å². The van der Waals surface area contributed by atoms with Crippen LogP contribution in [0.5, 0.6) is 11.5 Å². The Morgan fingerprint density at radius 3 is 2.33 bits per heavy atom. The highest BCUT2D eigenvalue weighted by molar-refractivity contribution is 5.43. The summed E-state index contributed by atoms with van der Waals surface area (Å²) in [6.45, 7) is 2.37. The van der Waals surface area contributed by atoms with Gasteiger partial charge in [0.1, 0.15) is 5.75 Å². The molecule has 1 atom stereocenters. The molecule has 3 nitrogen and oxygen atoms in total. The number of ether oxygens (including phenoxy) is 2. The Morgan fingerprint density at radius 1 is 1.27 bits per heavy atom. The molecule has 1 aromatic rings. The highest BCUT2D eigenvalue weighted by atomic mass is 19.1. The molecule has 1 aromatic carbocycles. The Hall–Kier alpha value is -1.29. The second-order valence-electron chi connectivity index (χ2n) is 3.37. The minimum atomic E-state index is -0.395. The lowest BCUT2D eigenvalue weighted by atomic mass is 10.00. The van der Waals surface area contributed by atoms with Gasteiger partial charge in [0.15, 0.2) is 11.6 Å². The highest BCUT2D eigenvalue weighted by Crippen LogP contribution is 2.32. The average Bonchev–Trinajstić information content (AvgIpc) is 2.27. The van der Waals surface area contributed by atoms with Crippen LogP contribution in [0.3, 0.4) is 0 Å². The molecule has 0 fully saturated rings. The molecule has 0 amide bonds. The fourth-order valence-electron chi connectivity index (χ4n) is 1.40. The summed E-state index contributed by atoms with van der Waals surface area (Å²) in [4.78, 5) is 0. The van der Waals surface area contributed by atoms with E-state index in [9.17, 15) is 4.39 Å². The molecule has 0 saturated heterocycles. The van der Waals surface area contributed by atoms with Gasteiger partial charge in [-0.05, 0) is 18.5 Å². The fraction of sp³-hybridized carbons (Fsp3) is 0.455. The molecule has 0 heterocycles. The lowest BCUT2D eigenvalue weighted by molar-refractivity contribution is 0.370. The van der Waals surface area contributed by atoms with Gasteiger partial charge in [-0.1, -0.05) is 6.92 Å². The van der Waals surface area contributed by atoms with Crippen LogP contribution in [0.15, 0.2) is 12.1 Å². The zero-order valence-electron chi connectivity index (χ0n) is 9.21. The van der Waals surface area contributed by atoms with Gasteiger partial charge >= 0.3 is 0 Å². The van der Waals surface area contributed by atoms with Crippen LogP contribution < -0.4 is 15.2 Å². The molecule has 0 aliphatic rings. The molecule has 0 aliphatic heterocycles. The lowest BCUT2D eigenvalue weighted by Gasteiger charge is -2.15. The number of hydrogen-bond donors (Lipinski definition) is 1. The lowest BCUT2D eigenvalue weighted by Crippen LogP contribution is -2.10. The molecule has 2 N–H and O–H groups in total.